The third kappa shape index (κ3) is 5.62. The molecule has 0 unspecified atom stereocenters. The van der Waals surface area contributed by atoms with Gasteiger partial charge in [-0.3, -0.25) is 19.1 Å². The third-order valence-corrected chi connectivity index (χ3v) is 7.97. The van der Waals surface area contributed by atoms with Gasteiger partial charge in [0.2, 0.25) is 11.8 Å². The van der Waals surface area contributed by atoms with Crippen molar-refractivity contribution in [2.24, 2.45) is 5.92 Å². The number of nitrogens with one attached hydrogen (secondary N) is 1. The lowest BCUT2D eigenvalue weighted by Crippen LogP contribution is -2.48. The normalized spacial score (nSPS) is 17.8. The summed E-state index contributed by atoms with van der Waals surface area (Å²) < 4.78 is 1.90. The number of Topliss-reactive ketones (excluding diaryl/α,β-unsaturated/α-hetero) is 1. The summed E-state index contributed by atoms with van der Waals surface area (Å²) in [4.78, 5) is 54.3. The van der Waals surface area contributed by atoms with Gasteiger partial charge in [-0.2, -0.15) is 10.4 Å². The van der Waals surface area contributed by atoms with Gasteiger partial charge in [0, 0.05) is 30.3 Å². The van der Waals surface area contributed by atoms with Crippen LogP contribution in [0.15, 0.2) is 41.3 Å². The van der Waals surface area contributed by atoms with Crippen molar-refractivity contribution in [1.29, 1.82) is 5.26 Å². The number of hydrogen-bond donors (Lipinski definition) is 1. The number of nitriles is 1. The third-order valence-electron chi connectivity index (χ3n) is 7.53. The maximum atomic E-state index is 13.9. The van der Waals surface area contributed by atoms with Gasteiger partial charge in [-0.25, -0.2) is 15.0 Å². The number of terminal acetylenes is 1. The van der Waals surface area contributed by atoms with Gasteiger partial charge in [-0.1, -0.05) is 18.9 Å². The number of ketones is 1. The average Bonchev–Trinajstić information content (AvgIpc) is 3.52. The number of likely N-dealkylation sites (tertiary alicyclic amines) is 1. The zero-order valence-electron chi connectivity index (χ0n) is 23.9. The first-order chi connectivity index (χ1) is 20.5. The molecule has 0 saturated carbocycles. The minimum atomic E-state index is -0.860. The Morgan fingerprint density at radius 1 is 1.16 bits per heavy atom. The van der Waals surface area contributed by atoms with Crippen LogP contribution < -0.4 is 5.32 Å². The molecular weight excluding hydrogens is 612 g/mol. The Labute approximate surface area is 256 Å². The second-order valence-corrected chi connectivity index (χ2v) is 11.4. The first kappa shape index (κ1) is 29.5. The maximum Gasteiger partial charge on any atom is 0.248 e. The molecule has 1 aliphatic rings. The molecule has 216 valence electrons. The Balaban J connectivity index is 1.53. The largest absolute Gasteiger partial charge is 0.315 e. The van der Waals surface area contributed by atoms with Crippen LogP contribution in [0.2, 0.25) is 0 Å². The Morgan fingerprint density at radius 3 is 2.53 bits per heavy atom. The number of amides is 2. The summed E-state index contributed by atoms with van der Waals surface area (Å²) >= 11 is 3.32. The Kier molecular flexibility index (Phi) is 8.07. The maximum absolute atomic E-state index is 13.9. The van der Waals surface area contributed by atoms with E-state index in [1.165, 1.54) is 16.5 Å². The van der Waals surface area contributed by atoms with E-state index in [0.717, 1.165) is 5.56 Å². The first-order valence-electron chi connectivity index (χ1n) is 13.5. The summed E-state index contributed by atoms with van der Waals surface area (Å²) in [5.41, 5.74) is 2.71. The van der Waals surface area contributed by atoms with Gasteiger partial charge in [0.15, 0.2) is 5.78 Å². The van der Waals surface area contributed by atoms with Crippen molar-refractivity contribution in [2.45, 2.75) is 52.7 Å². The molecule has 4 aromatic rings. The molecule has 0 aliphatic carbocycles. The molecule has 1 N–H and O–H groups in total. The van der Waals surface area contributed by atoms with Crippen LogP contribution in [0.1, 0.15) is 47.7 Å². The van der Waals surface area contributed by atoms with Crippen molar-refractivity contribution >= 4 is 50.2 Å². The van der Waals surface area contributed by atoms with Crippen LogP contribution in [0.4, 0.5) is 5.82 Å². The fourth-order valence-corrected chi connectivity index (χ4v) is 5.71. The van der Waals surface area contributed by atoms with E-state index < -0.39 is 23.9 Å². The number of aromatic nitrogens is 5. The quantitative estimate of drug-likeness (QED) is 0.188. The molecule has 3 aromatic heterocycles. The van der Waals surface area contributed by atoms with E-state index in [-0.39, 0.29) is 29.5 Å². The van der Waals surface area contributed by atoms with E-state index in [9.17, 15) is 19.6 Å². The van der Waals surface area contributed by atoms with Crippen molar-refractivity contribution in [3.8, 4) is 29.5 Å². The highest BCUT2D eigenvalue weighted by Crippen LogP contribution is 2.33. The fourth-order valence-electron chi connectivity index (χ4n) is 5.40. The van der Waals surface area contributed by atoms with E-state index in [1.54, 1.807) is 37.5 Å². The van der Waals surface area contributed by atoms with E-state index in [1.807, 2.05) is 19.9 Å². The number of nitrogens with zero attached hydrogens (tertiary/aromatic N) is 7. The Bertz CT molecular complexity index is 1870. The number of carbonyl (C=O) groups is 3. The molecule has 1 fully saturated rings. The number of carbonyl (C=O) groups excluding carboxylic acids is 3. The minimum absolute atomic E-state index is 0.114. The van der Waals surface area contributed by atoms with Gasteiger partial charge in [-0.15, -0.1) is 6.42 Å². The lowest BCUT2D eigenvalue weighted by Gasteiger charge is -2.28. The first-order valence-corrected chi connectivity index (χ1v) is 14.3. The second kappa shape index (κ2) is 11.7. The predicted octanol–water partition coefficient (Wildman–Crippen LogP) is 4.22. The molecule has 5 rings (SSSR count). The van der Waals surface area contributed by atoms with E-state index in [4.69, 9.17) is 6.42 Å². The number of aryl methyl sites for hydroxylation is 2. The van der Waals surface area contributed by atoms with E-state index in [0.29, 0.717) is 44.7 Å². The van der Waals surface area contributed by atoms with Crippen LogP contribution in [0.3, 0.4) is 0 Å². The molecule has 3 atom stereocenters. The number of halogens is 1. The standard InChI is InChI=1S/C31H27BrN8O3/c1-6-24-17(3)9-25(31(43)37-30-16(2)7-8-26(32)36-30)40(24)27(42)15-39-29-21(12-33)10-20(22-13-34-19(5)35-14-22)11-23(29)28(38-39)18(4)41/h1,7-8,10-11,13-14,17,24-25H,9,15H2,2-5H3,(H,36,37,43)/t17-,24+,25-/m0/s1. The number of anilines is 1. The predicted molar refractivity (Wildman–Crippen MR) is 163 cm³/mol. The van der Waals surface area contributed by atoms with Crippen LogP contribution in [0.5, 0.6) is 0 Å². The monoisotopic (exact) mass is 638 g/mol. The molecule has 43 heavy (non-hydrogen) atoms. The van der Waals surface area contributed by atoms with Gasteiger partial charge in [0.05, 0.1) is 17.1 Å². The van der Waals surface area contributed by atoms with Crippen molar-refractivity contribution in [3.05, 3.63) is 63.9 Å². The summed E-state index contributed by atoms with van der Waals surface area (Å²) in [7, 11) is 0. The second-order valence-electron chi connectivity index (χ2n) is 10.5. The van der Waals surface area contributed by atoms with Crippen LogP contribution in [0.25, 0.3) is 22.0 Å². The Hall–Kier alpha value is -4.94. The molecule has 12 heteroatoms. The number of hydrogen-bond acceptors (Lipinski definition) is 8. The summed E-state index contributed by atoms with van der Waals surface area (Å²) in [6.07, 6.45) is 9.47. The zero-order valence-corrected chi connectivity index (χ0v) is 25.5. The molecule has 1 aromatic carbocycles. The lowest BCUT2D eigenvalue weighted by molar-refractivity contribution is -0.138. The van der Waals surface area contributed by atoms with E-state index >= 15 is 0 Å². The van der Waals surface area contributed by atoms with Crippen LogP contribution >= 0.6 is 15.9 Å². The van der Waals surface area contributed by atoms with Gasteiger partial charge in [0.1, 0.15) is 40.6 Å². The highest BCUT2D eigenvalue weighted by atomic mass is 79.9. The highest BCUT2D eigenvalue weighted by Gasteiger charge is 2.44. The van der Waals surface area contributed by atoms with Gasteiger partial charge in [-0.05, 0) is 71.4 Å². The van der Waals surface area contributed by atoms with Crippen molar-refractivity contribution < 1.29 is 14.4 Å². The zero-order chi connectivity index (χ0) is 31.0. The average molecular weight is 640 g/mol. The Morgan fingerprint density at radius 2 is 1.88 bits per heavy atom. The summed E-state index contributed by atoms with van der Waals surface area (Å²) in [5, 5.41) is 17.8. The molecule has 1 saturated heterocycles. The van der Waals surface area contributed by atoms with Gasteiger partial charge >= 0.3 is 0 Å². The van der Waals surface area contributed by atoms with Crippen molar-refractivity contribution in [2.75, 3.05) is 5.32 Å². The molecule has 4 heterocycles. The van der Waals surface area contributed by atoms with Gasteiger partial charge < -0.3 is 10.2 Å². The number of fused-ring (bicyclic) bond motifs is 1. The van der Waals surface area contributed by atoms with Crippen LogP contribution in [-0.4, -0.2) is 59.3 Å². The number of benzene rings is 1. The summed E-state index contributed by atoms with van der Waals surface area (Å²) in [6, 6.07) is 7.64. The highest BCUT2D eigenvalue weighted by molar-refractivity contribution is 9.10. The van der Waals surface area contributed by atoms with Crippen molar-refractivity contribution in [3.63, 3.8) is 0 Å². The van der Waals surface area contributed by atoms with Crippen LogP contribution in [-0.2, 0) is 16.1 Å². The smallest absolute Gasteiger partial charge is 0.248 e. The fraction of sp³-hybridized carbons (Fsp3) is 0.290. The van der Waals surface area contributed by atoms with Crippen molar-refractivity contribution in [1.82, 2.24) is 29.6 Å². The van der Waals surface area contributed by atoms with Gasteiger partial charge in [0.25, 0.3) is 0 Å². The minimum Gasteiger partial charge on any atom is -0.315 e. The summed E-state index contributed by atoms with van der Waals surface area (Å²) in [6.45, 7) is 6.51. The SMILES string of the molecule is C#C[C@@H]1[C@@H](C)C[C@@H](C(=O)Nc2nc(Br)ccc2C)N1C(=O)Cn1nc(C(C)=O)c2cc(-c3cnc(C)nc3)cc(C#N)c21. The lowest BCUT2D eigenvalue weighted by atomic mass is 10.0. The number of pyridine rings is 1. The molecule has 1 aliphatic heterocycles. The molecule has 11 nitrogen and oxygen atoms in total. The molecule has 0 radical (unpaired) electrons. The molecular formula is C31H27BrN8O3. The van der Waals surface area contributed by atoms with E-state index in [2.05, 4.69) is 53.3 Å². The summed E-state index contributed by atoms with van der Waals surface area (Å²) in [5.74, 6) is 2.27. The molecule has 0 bridgehead atoms. The molecule has 0 spiro atoms. The van der Waals surface area contributed by atoms with Crippen LogP contribution in [0, 0.1) is 43.4 Å². The topological polar surface area (TPSA) is 147 Å². The number of rotatable bonds is 6. The molecule has 2 amide bonds.